The van der Waals surface area contributed by atoms with Crippen molar-refractivity contribution in [2.75, 3.05) is 0 Å². The van der Waals surface area contributed by atoms with E-state index in [1.807, 2.05) is 10.9 Å². The molecule has 0 aliphatic rings. The Kier molecular flexibility index (Phi) is 3.76. The van der Waals surface area contributed by atoms with Crippen molar-refractivity contribution in [1.29, 1.82) is 0 Å². The Hall–Kier alpha value is -1.39. The lowest BCUT2D eigenvalue weighted by Gasteiger charge is -2.07. The van der Waals surface area contributed by atoms with Crippen LogP contribution in [0.25, 0.3) is 0 Å². The van der Waals surface area contributed by atoms with Crippen molar-refractivity contribution >= 4 is 11.6 Å². The van der Waals surface area contributed by atoms with Crippen molar-refractivity contribution in [3.8, 4) is 0 Å². The largest absolute Gasteiger partial charge is 0.382 e. The van der Waals surface area contributed by atoms with Gasteiger partial charge in [-0.3, -0.25) is 9.67 Å². The maximum Gasteiger partial charge on any atom is 0.124 e. The van der Waals surface area contributed by atoms with Gasteiger partial charge in [-0.25, -0.2) is 0 Å². The average Bonchev–Trinajstić information content (AvgIpc) is 2.78. The van der Waals surface area contributed by atoms with E-state index < -0.39 is 6.10 Å². The van der Waals surface area contributed by atoms with Crippen LogP contribution in [0.15, 0.2) is 30.7 Å². The summed E-state index contributed by atoms with van der Waals surface area (Å²) in [5, 5.41) is 14.8. The number of rotatable bonds is 4. The van der Waals surface area contributed by atoms with Gasteiger partial charge in [0, 0.05) is 24.5 Å². The second-order valence-corrected chi connectivity index (χ2v) is 4.28. The predicted molar refractivity (Wildman–Crippen MR) is 65.8 cm³/mol. The van der Waals surface area contributed by atoms with Crippen molar-refractivity contribution in [1.82, 2.24) is 14.8 Å². The number of aliphatic hydroxyl groups excluding tert-OH is 1. The van der Waals surface area contributed by atoms with E-state index in [-0.39, 0.29) is 0 Å². The Morgan fingerprint density at radius 2 is 2.24 bits per heavy atom. The summed E-state index contributed by atoms with van der Waals surface area (Å²) in [5.74, 6) is 0. The molecule has 0 radical (unpaired) electrons. The van der Waals surface area contributed by atoms with Gasteiger partial charge in [0.1, 0.15) is 6.10 Å². The molecule has 0 aliphatic heterocycles. The van der Waals surface area contributed by atoms with Crippen LogP contribution in [0, 0.1) is 0 Å². The van der Waals surface area contributed by atoms with Crippen molar-refractivity contribution in [2.45, 2.75) is 26.0 Å². The van der Waals surface area contributed by atoms with Crippen LogP contribution < -0.4 is 0 Å². The maximum absolute atomic E-state index is 10.1. The maximum atomic E-state index is 10.1. The molecule has 0 bridgehead atoms. The summed E-state index contributed by atoms with van der Waals surface area (Å²) in [6.07, 6.45) is 5.28. The minimum atomic E-state index is -0.752. The summed E-state index contributed by atoms with van der Waals surface area (Å²) in [6, 6.07) is 3.42. The van der Waals surface area contributed by atoms with Crippen LogP contribution in [-0.4, -0.2) is 19.9 Å². The van der Waals surface area contributed by atoms with Crippen LogP contribution in [0.4, 0.5) is 0 Å². The predicted octanol–water partition coefficient (Wildman–Crippen LogP) is 2.42. The minimum Gasteiger partial charge on any atom is -0.382 e. The van der Waals surface area contributed by atoms with Gasteiger partial charge in [0.05, 0.1) is 16.9 Å². The molecule has 0 spiro atoms. The average molecular weight is 252 g/mol. The van der Waals surface area contributed by atoms with Crippen molar-refractivity contribution < 1.29 is 5.11 Å². The number of hydrogen-bond donors (Lipinski definition) is 1. The van der Waals surface area contributed by atoms with Crippen molar-refractivity contribution in [2.24, 2.45) is 0 Å². The van der Waals surface area contributed by atoms with Crippen molar-refractivity contribution in [3.05, 3.63) is 47.0 Å². The number of aliphatic hydroxyl groups is 1. The van der Waals surface area contributed by atoms with Crippen molar-refractivity contribution in [3.63, 3.8) is 0 Å². The fourth-order valence-electron chi connectivity index (χ4n) is 1.59. The Morgan fingerprint density at radius 1 is 1.41 bits per heavy atom. The second kappa shape index (κ2) is 5.29. The molecular weight excluding hydrogens is 238 g/mol. The number of aromatic nitrogens is 3. The number of hydrogen-bond acceptors (Lipinski definition) is 3. The molecule has 2 heterocycles. The van der Waals surface area contributed by atoms with E-state index in [1.54, 1.807) is 18.3 Å². The molecular formula is C12H14ClN3O. The Morgan fingerprint density at radius 3 is 2.88 bits per heavy atom. The lowest BCUT2D eigenvalue weighted by Crippen LogP contribution is -2.01. The third-order valence-corrected chi connectivity index (χ3v) is 2.68. The van der Waals surface area contributed by atoms with E-state index in [9.17, 15) is 5.11 Å². The molecule has 1 atom stereocenters. The quantitative estimate of drug-likeness (QED) is 0.908. The monoisotopic (exact) mass is 251 g/mol. The Bertz CT molecular complexity index is 481. The lowest BCUT2D eigenvalue weighted by molar-refractivity contribution is 0.215. The zero-order valence-electron chi connectivity index (χ0n) is 9.55. The molecule has 90 valence electrons. The third kappa shape index (κ3) is 2.84. The van der Waals surface area contributed by atoms with Crippen LogP contribution in [0.3, 0.4) is 0 Å². The number of halogens is 1. The summed E-state index contributed by atoms with van der Waals surface area (Å²) in [4.78, 5) is 4.09. The zero-order chi connectivity index (χ0) is 12.3. The molecule has 1 unspecified atom stereocenters. The highest BCUT2D eigenvalue weighted by atomic mass is 35.5. The van der Waals surface area contributed by atoms with E-state index in [2.05, 4.69) is 17.0 Å². The molecule has 2 rings (SSSR count). The van der Waals surface area contributed by atoms with Gasteiger partial charge in [-0.15, -0.1) is 0 Å². The summed E-state index contributed by atoms with van der Waals surface area (Å²) >= 11 is 5.75. The topological polar surface area (TPSA) is 50.9 Å². The minimum absolute atomic E-state index is 0.558. The molecule has 2 aromatic heterocycles. The van der Waals surface area contributed by atoms with Gasteiger partial charge < -0.3 is 5.11 Å². The number of nitrogens with zero attached hydrogens (tertiary/aromatic N) is 3. The first-order chi connectivity index (χ1) is 8.20. The first-order valence-corrected chi connectivity index (χ1v) is 5.90. The molecule has 4 nitrogen and oxygen atoms in total. The van der Waals surface area contributed by atoms with Gasteiger partial charge in [0.2, 0.25) is 0 Å². The Balaban J connectivity index is 2.18. The summed E-state index contributed by atoms with van der Waals surface area (Å²) in [7, 11) is 0. The zero-order valence-corrected chi connectivity index (χ0v) is 10.3. The van der Waals surface area contributed by atoms with E-state index in [4.69, 9.17) is 11.6 Å². The third-order valence-electron chi connectivity index (χ3n) is 2.45. The fourth-order valence-corrected chi connectivity index (χ4v) is 1.70. The Labute approximate surface area is 105 Å². The smallest absolute Gasteiger partial charge is 0.124 e. The van der Waals surface area contributed by atoms with Gasteiger partial charge in [-0.05, 0) is 18.6 Å². The van der Waals surface area contributed by atoms with Crippen LogP contribution in [0.5, 0.6) is 0 Å². The van der Waals surface area contributed by atoms with Crippen LogP contribution in [0.2, 0.25) is 5.02 Å². The normalized spacial score (nSPS) is 12.6. The summed E-state index contributed by atoms with van der Waals surface area (Å²) in [6.45, 7) is 2.93. The summed E-state index contributed by atoms with van der Waals surface area (Å²) < 4.78 is 1.81. The fraction of sp³-hybridized carbons (Fsp3) is 0.333. The first-order valence-electron chi connectivity index (χ1n) is 5.52. The first kappa shape index (κ1) is 12.1. The van der Waals surface area contributed by atoms with E-state index in [0.29, 0.717) is 10.7 Å². The molecule has 2 aromatic rings. The standard InChI is InChI=1S/C12H14ClN3O/c1-2-5-16-8-9(6-15-16)12(17)11-4-3-10(13)7-14-11/h3-4,6-8,12,17H,2,5H2,1H3. The molecule has 0 amide bonds. The molecule has 5 heteroatoms. The summed E-state index contributed by atoms with van der Waals surface area (Å²) in [5.41, 5.74) is 1.32. The van der Waals surface area contributed by atoms with Gasteiger partial charge in [-0.2, -0.15) is 5.10 Å². The molecule has 1 N–H and O–H groups in total. The van der Waals surface area contributed by atoms with Gasteiger partial charge >= 0.3 is 0 Å². The molecule has 17 heavy (non-hydrogen) atoms. The van der Waals surface area contributed by atoms with E-state index in [1.165, 1.54) is 6.20 Å². The van der Waals surface area contributed by atoms with Crippen LogP contribution >= 0.6 is 11.6 Å². The molecule has 0 fully saturated rings. The van der Waals surface area contributed by atoms with Gasteiger partial charge in [-0.1, -0.05) is 18.5 Å². The highest BCUT2D eigenvalue weighted by Crippen LogP contribution is 2.20. The van der Waals surface area contributed by atoms with E-state index in [0.717, 1.165) is 18.5 Å². The van der Waals surface area contributed by atoms with Crippen LogP contribution in [-0.2, 0) is 6.54 Å². The highest BCUT2D eigenvalue weighted by molar-refractivity contribution is 6.30. The highest BCUT2D eigenvalue weighted by Gasteiger charge is 2.13. The second-order valence-electron chi connectivity index (χ2n) is 3.84. The van der Waals surface area contributed by atoms with Gasteiger partial charge in [0.25, 0.3) is 0 Å². The number of pyridine rings is 1. The molecule has 0 aliphatic carbocycles. The van der Waals surface area contributed by atoms with Gasteiger partial charge in [0.15, 0.2) is 0 Å². The number of aryl methyl sites for hydroxylation is 1. The molecule has 0 aromatic carbocycles. The van der Waals surface area contributed by atoms with E-state index >= 15 is 0 Å². The lowest BCUT2D eigenvalue weighted by atomic mass is 10.1. The van der Waals surface area contributed by atoms with Crippen LogP contribution in [0.1, 0.15) is 30.7 Å². The molecule has 0 saturated carbocycles. The SMILES string of the molecule is CCCn1cc(C(O)c2ccc(Cl)cn2)cn1. The molecule has 0 saturated heterocycles.